The van der Waals surface area contributed by atoms with E-state index < -0.39 is 0 Å². The topological polar surface area (TPSA) is 29.5 Å². The van der Waals surface area contributed by atoms with Crippen LogP contribution in [0.5, 0.6) is 0 Å². The number of rotatable bonds is 5. The minimum Gasteiger partial charge on any atom is -0.371 e. The molecule has 0 bridgehead atoms. The minimum absolute atomic E-state index is 0.00401. The highest BCUT2D eigenvalue weighted by Gasteiger charge is 2.05. The summed E-state index contributed by atoms with van der Waals surface area (Å²) in [6.07, 6.45) is 0.846. The number of ether oxygens (including phenoxy) is 1. The molecule has 0 aliphatic carbocycles. The van der Waals surface area contributed by atoms with Crippen LogP contribution in [0.1, 0.15) is 5.56 Å². The molecule has 3 nitrogen and oxygen atoms in total. The Morgan fingerprint density at radius 1 is 1.33 bits per heavy atom. The van der Waals surface area contributed by atoms with E-state index in [-0.39, 0.29) is 12.5 Å². The van der Waals surface area contributed by atoms with Crippen molar-refractivity contribution in [2.45, 2.75) is 6.42 Å². The fourth-order valence-electron chi connectivity index (χ4n) is 1.72. The molecule has 1 heterocycles. The lowest BCUT2D eigenvalue weighted by molar-refractivity contribution is -0.133. The Kier molecular flexibility index (Phi) is 4.33. The van der Waals surface area contributed by atoms with Gasteiger partial charge in [0.25, 0.3) is 0 Å². The zero-order valence-electron chi connectivity index (χ0n) is 10.7. The van der Waals surface area contributed by atoms with Gasteiger partial charge in [0.2, 0.25) is 5.91 Å². The molecule has 0 saturated heterocycles. The van der Waals surface area contributed by atoms with E-state index in [0.29, 0.717) is 6.61 Å². The molecule has 0 spiro atoms. The highest BCUT2D eigenvalue weighted by Crippen LogP contribution is 2.24. The van der Waals surface area contributed by atoms with Gasteiger partial charge in [0.15, 0.2) is 0 Å². The number of carbonyl (C=O) groups is 1. The molecule has 0 aliphatic heterocycles. The van der Waals surface area contributed by atoms with E-state index in [1.165, 1.54) is 15.6 Å². The summed E-state index contributed by atoms with van der Waals surface area (Å²) < 4.78 is 6.72. The van der Waals surface area contributed by atoms with Gasteiger partial charge >= 0.3 is 0 Å². The first-order valence-electron chi connectivity index (χ1n) is 5.91. The van der Waals surface area contributed by atoms with Crippen LogP contribution in [-0.2, 0) is 16.0 Å². The normalized spacial score (nSPS) is 10.8. The predicted molar refractivity (Wildman–Crippen MR) is 75.0 cm³/mol. The van der Waals surface area contributed by atoms with Crippen molar-refractivity contribution in [3.05, 3.63) is 35.2 Å². The van der Waals surface area contributed by atoms with Gasteiger partial charge in [-0.05, 0) is 28.8 Å². The van der Waals surface area contributed by atoms with Crippen molar-refractivity contribution in [3.8, 4) is 0 Å². The molecule has 2 aromatic rings. The lowest BCUT2D eigenvalue weighted by Crippen LogP contribution is -2.26. The highest BCUT2D eigenvalue weighted by atomic mass is 32.1. The third-order valence-corrected chi connectivity index (χ3v) is 3.81. The van der Waals surface area contributed by atoms with Crippen LogP contribution >= 0.6 is 11.3 Å². The number of thiophene rings is 1. The van der Waals surface area contributed by atoms with Gasteiger partial charge < -0.3 is 9.64 Å². The van der Waals surface area contributed by atoms with E-state index in [1.807, 2.05) is 0 Å². The lowest BCUT2D eigenvalue weighted by atomic mass is 10.1. The predicted octanol–water partition coefficient (Wildman–Crippen LogP) is 2.55. The summed E-state index contributed by atoms with van der Waals surface area (Å²) in [6, 6.07) is 8.43. The Balaban J connectivity index is 1.87. The maximum absolute atomic E-state index is 11.3. The van der Waals surface area contributed by atoms with Crippen molar-refractivity contribution in [2.75, 3.05) is 27.3 Å². The van der Waals surface area contributed by atoms with Gasteiger partial charge in [-0.2, -0.15) is 0 Å². The Morgan fingerprint density at radius 2 is 2.17 bits per heavy atom. The highest BCUT2D eigenvalue weighted by molar-refractivity contribution is 7.17. The Morgan fingerprint density at radius 3 is 2.94 bits per heavy atom. The second kappa shape index (κ2) is 5.98. The molecule has 1 aromatic carbocycles. The molecule has 0 atom stereocenters. The van der Waals surface area contributed by atoms with Gasteiger partial charge in [-0.25, -0.2) is 0 Å². The number of likely N-dealkylation sites (N-methyl/N-ethyl adjacent to an activating group) is 1. The van der Waals surface area contributed by atoms with Crippen LogP contribution < -0.4 is 0 Å². The van der Waals surface area contributed by atoms with E-state index >= 15 is 0 Å². The summed E-state index contributed by atoms with van der Waals surface area (Å²) in [5, 5.41) is 3.38. The first-order valence-corrected chi connectivity index (χ1v) is 6.79. The van der Waals surface area contributed by atoms with E-state index in [9.17, 15) is 4.79 Å². The zero-order chi connectivity index (χ0) is 13.0. The first-order chi connectivity index (χ1) is 8.68. The minimum atomic E-state index is 0.00401. The van der Waals surface area contributed by atoms with Crippen LogP contribution in [0.3, 0.4) is 0 Å². The molecule has 96 valence electrons. The summed E-state index contributed by atoms with van der Waals surface area (Å²) in [4.78, 5) is 12.9. The number of carbonyl (C=O) groups excluding carboxylic acids is 1. The maximum atomic E-state index is 11.3. The Bertz CT molecular complexity index is 533. The first kappa shape index (κ1) is 13.1. The molecule has 0 saturated carbocycles. The van der Waals surface area contributed by atoms with Crippen molar-refractivity contribution in [1.29, 1.82) is 0 Å². The number of hydrogen-bond acceptors (Lipinski definition) is 3. The smallest absolute Gasteiger partial charge is 0.248 e. The molecule has 0 fully saturated rings. The quantitative estimate of drug-likeness (QED) is 0.776. The van der Waals surface area contributed by atoms with Crippen LogP contribution in [0.4, 0.5) is 0 Å². The van der Waals surface area contributed by atoms with Gasteiger partial charge in [-0.1, -0.05) is 18.2 Å². The van der Waals surface area contributed by atoms with Crippen LogP contribution in [0.2, 0.25) is 0 Å². The molecule has 0 unspecified atom stereocenters. The fourth-order valence-corrected chi connectivity index (χ4v) is 2.67. The second-order valence-corrected chi connectivity index (χ2v) is 5.26. The van der Waals surface area contributed by atoms with Gasteiger partial charge in [-0.3, -0.25) is 4.79 Å². The zero-order valence-corrected chi connectivity index (χ0v) is 11.5. The van der Waals surface area contributed by atoms with E-state index in [0.717, 1.165) is 6.42 Å². The van der Waals surface area contributed by atoms with Crippen molar-refractivity contribution < 1.29 is 9.53 Å². The van der Waals surface area contributed by atoms with Crippen LogP contribution in [-0.4, -0.2) is 38.1 Å². The average Bonchev–Trinajstić information content (AvgIpc) is 2.83. The molecule has 18 heavy (non-hydrogen) atoms. The number of amides is 1. The van der Waals surface area contributed by atoms with Gasteiger partial charge in [0.05, 0.1) is 6.61 Å². The maximum Gasteiger partial charge on any atom is 0.248 e. The lowest BCUT2D eigenvalue weighted by Gasteiger charge is -2.10. The molecule has 4 heteroatoms. The summed E-state index contributed by atoms with van der Waals surface area (Å²) in [7, 11) is 3.47. The molecule has 1 amide bonds. The Labute approximate surface area is 111 Å². The summed E-state index contributed by atoms with van der Waals surface area (Å²) >= 11 is 1.75. The van der Waals surface area contributed by atoms with Crippen LogP contribution in [0.25, 0.3) is 10.1 Å². The summed E-state index contributed by atoms with van der Waals surface area (Å²) in [6.45, 7) is 0.740. The Hall–Kier alpha value is -1.39. The van der Waals surface area contributed by atoms with Gasteiger partial charge in [-0.15, -0.1) is 11.3 Å². The van der Waals surface area contributed by atoms with Crippen LogP contribution in [0.15, 0.2) is 29.6 Å². The monoisotopic (exact) mass is 263 g/mol. The van der Waals surface area contributed by atoms with E-state index in [1.54, 1.807) is 30.3 Å². The molecule has 0 radical (unpaired) electrons. The number of benzene rings is 1. The van der Waals surface area contributed by atoms with Crippen molar-refractivity contribution >= 4 is 27.3 Å². The third-order valence-electron chi connectivity index (χ3n) is 2.80. The van der Waals surface area contributed by atoms with Crippen molar-refractivity contribution in [1.82, 2.24) is 4.90 Å². The standard InChI is InChI=1S/C14H17NO2S/c1-15(2)13(16)10-17-8-6-11-4-3-5-12-7-9-18-14(11)12/h3-5,7,9H,6,8,10H2,1-2H3. The number of hydrogen-bond donors (Lipinski definition) is 0. The van der Waals surface area contributed by atoms with Gasteiger partial charge in [0, 0.05) is 18.8 Å². The molecule has 0 aliphatic rings. The molecule has 0 N–H and O–H groups in total. The average molecular weight is 263 g/mol. The largest absolute Gasteiger partial charge is 0.371 e. The number of nitrogens with zero attached hydrogens (tertiary/aromatic N) is 1. The van der Waals surface area contributed by atoms with E-state index in [4.69, 9.17) is 4.74 Å². The molecule has 1 aromatic heterocycles. The number of fused-ring (bicyclic) bond motifs is 1. The SMILES string of the molecule is CN(C)C(=O)COCCc1cccc2ccsc12. The summed E-state index contributed by atoms with van der Waals surface area (Å²) in [5.41, 5.74) is 1.29. The second-order valence-electron chi connectivity index (χ2n) is 4.35. The van der Waals surface area contributed by atoms with E-state index in [2.05, 4.69) is 29.6 Å². The van der Waals surface area contributed by atoms with Crippen LogP contribution in [0, 0.1) is 0 Å². The van der Waals surface area contributed by atoms with Gasteiger partial charge in [0.1, 0.15) is 6.61 Å². The van der Waals surface area contributed by atoms with Crippen molar-refractivity contribution in [3.63, 3.8) is 0 Å². The molecule has 2 rings (SSSR count). The fraction of sp³-hybridized carbons (Fsp3) is 0.357. The third kappa shape index (κ3) is 3.09. The molecular weight excluding hydrogens is 246 g/mol. The molecular formula is C14H17NO2S. The van der Waals surface area contributed by atoms with Crippen molar-refractivity contribution in [2.24, 2.45) is 0 Å². The summed E-state index contributed by atoms with van der Waals surface area (Å²) in [5.74, 6) is 0.00401.